The first-order chi connectivity index (χ1) is 31.0. The van der Waals surface area contributed by atoms with E-state index in [0.29, 0.717) is 0 Å². The Morgan fingerprint density at radius 1 is 0.333 bits per heavy atom. The van der Waals surface area contributed by atoms with Crippen LogP contribution in [0, 0.1) is 0 Å². The maximum atomic E-state index is 2.56. The van der Waals surface area contributed by atoms with Crippen molar-refractivity contribution in [1.82, 2.24) is 0 Å². The first-order valence-corrected chi connectivity index (χ1v) is 26.6. The Morgan fingerprint density at radius 2 is 0.667 bits per heavy atom. The number of nitrogens with zero attached hydrogens (tertiary/aromatic N) is 2. The van der Waals surface area contributed by atoms with Crippen LogP contribution in [0.15, 0.2) is 143 Å². The van der Waals surface area contributed by atoms with Gasteiger partial charge in [-0.3, -0.25) is 0 Å². The zero-order valence-corrected chi connectivity index (χ0v) is 44.3. The van der Waals surface area contributed by atoms with E-state index in [0.717, 1.165) is 0 Å². The van der Waals surface area contributed by atoms with Crippen molar-refractivity contribution in [2.75, 3.05) is 9.80 Å². The molecular weight excluding hydrogens is 877 g/mol. The van der Waals surface area contributed by atoms with Gasteiger partial charge in [-0.2, -0.15) is 0 Å². The van der Waals surface area contributed by atoms with Crippen LogP contribution in [-0.4, -0.2) is 0 Å². The standard InChI is InChI=1S/C60H62N2S4/c1-35-53(37-15-19-39(20-16-37)57(3,4)5)65-55(61(35)43-25-29-49-47(33-43)45-27-23-41(59(9,10)11)31-51(45)63-49)56-62(36(2)54(66-56)38-17-21-40(22-18-38)58(6,7)8)44-26-30-50-48(34-44)46-28-24-42(60(12,13)14)32-52(46)64-50/h15-34H,1-14H3/b56-55+. The van der Waals surface area contributed by atoms with Crippen molar-refractivity contribution in [2.45, 2.75) is 119 Å². The summed E-state index contributed by atoms with van der Waals surface area (Å²) < 4.78 is 5.34. The van der Waals surface area contributed by atoms with Gasteiger partial charge >= 0.3 is 0 Å². The average Bonchev–Trinajstić information content (AvgIpc) is 4.01. The van der Waals surface area contributed by atoms with E-state index in [1.54, 1.807) is 0 Å². The van der Waals surface area contributed by atoms with Crippen molar-refractivity contribution in [3.05, 3.63) is 176 Å². The second-order valence-corrected chi connectivity index (χ2v) is 26.6. The SMILES string of the molecule is CC1=C(c2ccc(C(C)(C)C)cc2)S/C(=C2/SC(c3ccc(C(C)(C)C)cc3)=C(C)N2c2ccc3sc4cc(C(C)(C)C)ccc4c3c2)N1c1ccc2sc3cc(C(C)(C)C)ccc3c2c1. The van der Waals surface area contributed by atoms with Gasteiger partial charge in [0, 0.05) is 72.9 Å². The molecule has 0 bridgehead atoms. The molecule has 0 fully saturated rings. The van der Waals surface area contributed by atoms with Crippen molar-refractivity contribution >= 4 is 108 Å². The van der Waals surface area contributed by atoms with Crippen molar-refractivity contribution < 1.29 is 0 Å². The molecule has 0 unspecified atom stereocenters. The Labute approximate surface area is 409 Å². The quantitative estimate of drug-likeness (QED) is 0.173. The van der Waals surface area contributed by atoms with E-state index in [1.165, 1.54) is 116 Å². The molecule has 0 spiro atoms. The van der Waals surface area contributed by atoms with Crippen LogP contribution in [0.2, 0.25) is 0 Å². The predicted octanol–water partition coefficient (Wildman–Crippen LogP) is 19.3. The molecule has 0 saturated heterocycles. The van der Waals surface area contributed by atoms with Gasteiger partial charge in [0.15, 0.2) is 0 Å². The van der Waals surface area contributed by atoms with Crippen molar-refractivity contribution in [3.63, 3.8) is 0 Å². The molecule has 0 amide bonds. The number of rotatable bonds is 4. The van der Waals surface area contributed by atoms with Gasteiger partial charge in [-0.25, -0.2) is 0 Å². The number of benzene rings is 6. The van der Waals surface area contributed by atoms with Crippen molar-refractivity contribution in [2.24, 2.45) is 0 Å². The predicted molar refractivity (Wildman–Crippen MR) is 299 cm³/mol. The van der Waals surface area contributed by atoms with E-state index in [2.05, 4.69) is 228 Å². The molecule has 0 N–H and O–H groups in total. The molecule has 6 aromatic carbocycles. The van der Waals surface area contributed by atoms with E-state index in [1.807, 2.05) is 46.2 Å². The minimum absolute atomic E-state index is 0.0751. The molecule has 6 heteroatoms. The fraction of sp³-hybridized carbons (Fsp3) is 0.300. The highest BCUT2D eigenvalue weighted by molar-refractivity contribution is 8.15. The molecule has 336 valence electrons. The topological polar surface area (TPSA) is 6.48 Å². The Morgan fingerprint density at radius 3 is 1.00 bits per heavy atom. The smallest absolute Gasteiger partial charge is 0.116 e. The Bertz CT molecular complexity index is 3120. The lowest BCUT2D eigenvalue weighted by Crippen LogP contribution is -2.22. The Balaban J connectivity index is 1.19. The average molecular weight is 939 g/mol. The van der Waals surface area contributed by atoms with Crippen LogP contribution in [0.4, 0.5) is 11.4 Å². The van der Waals surface area contributed by atoms with Gasteiger partial charge in [-0.1, -0.05) is 179 Å². The van der Waals surface area contributed by atoms with E-state index in [9.17, 15) is 0 Å². The van der Waals surface area contributed by atoms with E-state index < -0.39 is 0 Å². The Hall–Kier alpha value is -4.72. The summed E-state index contributed by atoms with van der Waals surface area (Å²) in [4.78, 5) is 7.70. The molecule has 8 aromatic rings. The van der Waals surface area contributed by atoms with Gasteiger partial charge in [0.05, 0.1) is 0 Å². The number of hydrogen-bond donors (Lipinski definition) is 0. The molecule has 66 heavy (non-hydrogen) atoms. The van der Waals surface area contributed by atoms with Crippen LogP contribution < -0.4 is 9.80 Å². The van der Waals surface area contributed by atoms with Crippen LogP contribution in [0.1, 0.15) is 130 Å². The lowest BCUT2D eigenvalue weighted by molar-refractivity contribution is 0.590. The molecular formula is C60H62N2S4. The van der Waals surface area contributed by atoms with Crippen molar-refractivity contribution in [1.29, 1.82) is 0 Å². The first kappa shape index (κ1) is 45.1. The van der Waals surface area contributed by atoms with Gasteiger partial charge < -0.3 is 9.80 Å². The fourth-order valence-corrected chi connectivity index (χ4v) is 14.3. The highest BCUT2D eigenvalue weighted by Gasteiger charge is 2.38. The molecule has 2 aliphatic heterocycles. The maximum absolute atomic E-state index is 2.56. The van der Waals surface area contributed by atoms with Gasteiger partial charge in [-0.15, -0.1) is 22.7 Å². The largest absolute Gasteiger partial charge is 0.305 e. The second kappa shape index (κ2) is 15.9. The van der Waals surface area contributed by atoms with Crippen molar-refractivity contribution in [3.8, 4) is 0 Å². The summed E-state index contributed by atoms with van der Waals surface area (Å²) in [6.07, 6.45) is 0. The van der Waals surface area contributed by atoms with Crippen LogP contribution >= 0.6 is 46.2 Å². The zero-order valence-electron chi connectivity index (χ0n) is 41.1. The Kier molecular flexibility index (Phi) is 10.9. The van der Waals surface area contributed by atoms with Crippen LogP contribution in [-0.2, 0) is 21.7 Å². The van der Waals surface area contributed by atoms with Gasteiger partial charge in [0.2, 0.25) is 0 Å². The van der Waals surface area contributed by atoms with E-state index in [-0.39, 0.29) is 21.7 Å². The molecule has 0 saturated carbocycles. The fourth-order valence-electron chi connectivity index (χ4n) is 9.36. The lowest BCUT2D eigenvalue weighted by atomic mass is 9.86. The van der Waals surface area contributed by atoms with E-state index >= 15 is 0 Å². The maximum Gasteiger partial charge on any atom is 0.116 e. The number of anilines is 2. The second-order valence-electron chi connectivity index (χ2n) is 22.5. The first-order valence-electron chi connectivity index (χ1n) is 23.3. The molecule has 2 aliphatic rings. The normalized spacial score (nSPS) is 16.8. The molecule has 2 aromatic heterocycles. The van der Waals surface area contributed by atoms with Gasteiger partial charge in [0.1, 0.15) is 10.1 Å². The molecule has 4 heterocycles. The van der Waals surface area contributed by atoms with Crippen LogP contribution in [0.3, 0.4) is 0 Å². The summed E-state index contributed by atoms with van der Waals surface area (Å²) in [6, 6.07) is 47.2. The number of hydrogen-bond acceptors (Lipinski definition) is 6. The van der Waals surface area contributed by atoms with E-state index in [4.69, 9.17) is 0 Å². The number of allylic oxidation sites excluding steroid dienone is 2. The minimum Gasteiger partial charge on any atom is -0.305 e. The third-order valence-corrected chi connectivity index (χ3v) is 18.5. The van der Waals surface area contributed by atoms with Gasteiger partial charge in [-0.05, 0) is 117 Å². The molecule has 2 nitrogen and oxygen atoms in total. The summed E-state index contributed by atoms with van der Waals surface area (Å²) in [5, 5.41) is 7.73. The minimum atomic E-state index is 0.0751. The van der Waals surface area contributed by atoms with Gasteiger partial charge in [0.25, 0.3) is 0 Å². The summed E-state index contributed by atoms with van der Waals surface area (Å²) in [5.41, 5.74) is 13.1. The number of fused-ring (bicyclic) bond motifs is 6. The summed E-state index contributed by atoms with van der Waals surface area (Å²) in [7, 11) is 0. The lowest BCUT2D eigenvalue weighted by Gasteiger charge is -2.28. The number of thiophene rings is 2. The highest BCUT2D eigenvalue weighted by Crippen LogP contribution is 2.58. The van der Waals surface area contributed by atoms with Crippen LogP contribution in [0.5, 0.6) is 0 Å². The third-order valence-electron chi connectivity index (χ3n) is 13.5. The summed E-state index contributed by atoms with van der Waals surface area (Å²) >= 11 is 7.65. The monoisotopic (exact) mass is 938 g/mol. The molecule has 10 rings (SSSR count). The van der Waals surface area contributed by atoms with Crippen LogP contribution in [0.25, 0.3) is 50.2 Å². The molecule has 0 aliphatic carbocycles. The summed E-state index contributed by atoms with van der Waals surface area (Å²) in [6.45, 7) is 32.3. The number of thioether (sulfide) groups is 2. The highest BCUT2D eigenvalue weighted by atomic mass is 32.2. The third kappa shape index (κ3) is 7.94. The molecule has 0 atom stereocenters. The zero-order chi connectivity index (χ0) is 46.8. The summed E-state index contributed by atoms with van der Waals surface area (Å²) in [5.74, 6) is 0. The molecule has 0 radical (unpaired) electrons.